The van der Waals surface area contributed by atoms with Gasteiger partial charge in [0.15, 0.2) is 11.6 Å². The fourth-order valence-corrected chi connectivity index (χ4v) is 3.19. The van der Waals surface area contributed by atoms with Crippen LogP contribution in [0.15, 0.2) is 48.5 Å². The van der Waals surface area contributed by atoms with Crippen LogP contribution < -0.4 is 10.1 Å². The van der Waals surface area contributed by atoms with Gasteiger partial charge in [0, 0.05) is 24.8 Å². The number of carbonyl (C=O) groups is 2. The summed E-state index contributed by atoms with van der Waals surface area (Å²) in [7, 11) is 1.67. The van der Waals surface area contributed by atoms with Crippen molar-refractivity contribution >= 4 is 17.1 Å². The van der Waals surface area contributed by atoms with Crippen molar-refractivity contribution in [2.75, 3.05) is 33.4 Å². The van der Waals surface area contributed by atoms with Gasteiger partial charge in [-0.1, -0.05) is 24.3 Å². The third-order valence-corrected chi connectivity index (χ3v) is 4.68. The van der Waals surface area contributed by atoms with Gasteiger partial charge in [0.05, 0.1) is 18.8 Å². The first kappa shape index (κ1) is 20.9. The first-order valence-electron chi connectivity index (χ1n) is 9.64. The van der Waals surface area contributed by atoms with Crippen LogP contribution in [0.4, 0.5) is 4.39 Å². The van der Waals surface area contributed by atoms with Crippen molar-refractivity contribution in [2.45, 2.75) is 12.8 Å². The Morgan fingerprint density at radius 3 is 2.52 bits per heavy atom. The Bertz CT molecular complexity index is 906. The maximum absolute atomic E-state index is 13.2. The number of benzene rings is 2. The zero-order valence-electron chi connectivity index (χ0n) is 16.4. The molecule has 5 nitrogen and oxygen atoms in total. The molecule has 0 spiro atoms. The Kier molecular flexibility index (Phi) is 7.27. The molecule has 29 heavy (non-hydrogen) atoms. The second kappa shape index (κ2) is 10.1. The summed E-state index contributed by atoms with van der Waals surface area (Å²) >= 11 is 0. The molecule has 0 heterocycles. The average Bonchev–Trinajstić information content (AvgIpc) is 2.73. The lowest BCUT2D eigenvalue weighted by atomic mass is 9.86. The largest absolute Gasteiger partial charge is 0.493 e. The quantitative estimate of drug-likeness (QED) is 0.620. The van der Waals surface area contributed by atoms with Gasteiger partial charge in [-0.2, -0.15) is 0 Å². The van der Waals surface area contributed by atoms with Crippen molar-refractivity contribution in [3.63, 3.8) is 0 Å². The Hall–Kier alpha value is -2.83. The monoisotopic (exact) mass is 397 g/mol. The molecule has 0 saturated heterocycles. The van der Waals surface area contributed by atoms with Crippen LogP contribution in [0.25, 0.3) is 5.57 Å². The third-order valence-electron chi connectivity index (χ3n) is 4.68. The number of ether oxygens (including phenoxy) is 2. The van der Waals surface area contributed by atoms with Gasteiger partial charge in [0.25, 0.3) is 0 Å². The fourth-order valence-electron chi connectivity index (χ4n) is 3.19. The molecule has 1 aliphatic carbocycles. The number of hydrogen-bond donors (Lipinski definition) is 1. The SMILES string of the molecule is COCCNCCCCOc1cccc2c1C(=O)C=C(c1ccc(F)cc1)C2=O. The second-order valence-electron chi connectivity index (χ2n) is 6.74. The van der Waals surface area contributed by atoms with E-state index in [4.69, 9.17) is 9.47 Å². The molecule has 0 saturated carbocycles. The molecule has 3 rings (SSSR count). The number of hydrogen-bond acceptors (Lipinski definition) is 5. The van der Waals surface area contributed by atoms with Crippen LogP contribution in [0.2, 0.25) is 0 Å². The van der Waals surface area contributed by atoms with E-state index < -0.39 is 5.82 Å². The van der Waals surface area contributed by atoms with Crippen LogP contribution in [0, 0.1) is 5.82 Å². The number of allylic oxidation sites excluding steroid dienone is 2. The minimum absolute atomic E-state index is 0.265. The number of Topliss-reactive ketones (excluding diaryl/α,β-unsaturated/α-hetero) is 1. The van der Waals surface area contributed by atoms with Gasteiger partial charge >= 0.3 is 0 Å². The van der Waals surface area contributed by atoms with Crippen LogP contribution in [0.1, 0.15) is 39.1 Å². The lowest BCUT2D eigenvalue weighted by Gasteiger charge is -2.18. The van der Waals surface area contributed by atoms with Gasteiger partial charge in [-0.25, -0.2) is 4.39 Å². The number of nitrogens with one attached hydrogen (secondary N) is 1. The molecule has 0 aromatic heterocycles. The third kappa shape index (κ3) is 5.16. The van der Waals surface area contributed by atoms with Crippen molar-refractivity contribution in [1.29, 1.82) is 0 Å². The normalized spacial score (nSPS) is 13.2. The molecule has 0 unspecified atom stereocenters. The smallest absolute Gasteiger partial charge is 0.194 e. The number of fused-ring (bicyclic) bond motifs is 1. The fraction of sp³-hybridized carbons (Fsp3) is 0.304. The molecule has 0 aliphatic heterocycles. The van der Waals surface area contributed by atoms with Gasteiger partial charge in [0.1, 0.15) is 11.6 Å². The van der Waals surface area contributed by atoms with E-state index in [9.17, 15) is 14.0 Å². The molecule has 2 aromatic rings. The molecular weight excluding hydrogens is 373 g/mol. The van der Waals surface area contributed by atoms with Gasteiger partial charge in [-0.3, -0.25) is 9.59 Å². The van der Waals surface area contributed by atoms with E-state index in [1.165, 1.54) is 30.3 Å². The van der Waals surface area contributed by atoms with Gasteiger partial charge in [-0.15, -0.1) is 0 Å². The number of unbranched alkanes of at least 4 members (excludes halogenated alkanes) is 1. The Labute approximate surface area is 169 Å². The maximum atomic E-state index is 13.2. The van der Waals surface area contributed by atoms with Crippen molar-refractivity contribution in [3.05, 3.63) is 71.0 Å². The van der Waals surface area contributed by atoms with Crippen molar-refractivity contribution in [1.82, 2.24) is 5.32 Å². The summed E-state index contributed by atoms with van der Waals surface area (Å²) in [6, 6.07) is 10.6. The van der Waals surface area contributed by atoms with E-state index in [0.29, 0.717) is 35.7 Å². The highest BCUT2D eigenvalue weighted by Crippen LogP contribution is 2.33. The maximum Gasteiger partial charge on any atom is 0.194 e. The standard InChI is InChI=1S/C23H24FNO4/c1-28-14-12-25-11-2-3-13-29-21-6-4-5-18-22(21)20(26)15-19(23(18)27)16-7-9-17(24)10-8-16/h4-10,15,25H,2-3,11-14H2,1H3. The lowest BCUT2D eigenvalue weighted by molar-refractivity contribution is 0.0998. The van der Waals surface area contributed by atoms with Gasteiger partial charge in [-0.05, 0) is 49.2 Å². The topological polar surface area (TPSA) is 64.6 Å². The number of carbonyl (C=O) groups excluding carboxylic acids is 2. The van der Waals surface area contributed by atoms with Crippen molar-refractivity contribution in [2.24, 2.45) is 0 Å². The first-order chi connectivity index (χ1) is 14.1. The predicted molar refractivity (Wildman–Crippen MR) is 109 cm³/mol. The predicted octanol–water partition coefficient (Wildman–Crippen LogP) is 3.68. The molecule has 2 aromatic carbocycles. The highest BCUT2D eigenvalue weighted by atomic mass is 19.1. The number of halogens is 1. The molecule has 152 valence electrons. The number of ketones is 2. The molecule has 0 fully saturated rings. The van der Waals surface area contributed by atoms with E-state index in [-0.39, 0.29) is 17.1 Å². The summed E-state index contributed by atoms with van der Waals surface area (Å²) in [5, 5.41) is 3.26. The summed E-state index contributed by atoms with van der Waals surface area (Å²) in [6.07, 6.45) is 3.06. The summed E-state index contributed by atoms with van der Waals surface area (Å²) in [6.45, 7) is 2.80. The van der Waals surface area contributed by atoms with E-state index in [2.05, 4.69) is 5.32 Å². The molecule has 6 heteroatoms. The molecule has 0 radical (unpaired) electrons. The van der Waals surface area contributed by atoms with E-state index in [1.54, 1.807) is 25.3 Å². The summed E-state index contributed by atoms with van der Waals surface area (Å²) in [5.41, 5.74) is 1.39. The number of rotatable bonds is 10. The molecule has 1 aliphatic rings. The minimum atomic E-state index is -0.395. The molecule has 1 N–H and O–H groups in total. The highest BCUT2D eigenvalue weighted by molar-refractivity contribution is 6.39. The number of methoxy groups -OCH3 is 1. The van der Waals surface area contributed by atoms with Crippen LogP contribution in [0.5, 0.6) is 5.75 Å². The van der Waals surface area contributed by atoms with E-state index >= 15 is 0 Å². The van der Waals surface area contributed by atoms with Crippen LogP contribution in [-0.4, -0.2) is 45.0 Å². The zero-order chi connectivity index (χ0) is 20.6. The average molecular weight is 397 g/mol. The van der Waals surface area contributed by atoms with Crippen molar-refractivity contribution < 1.29 is 23.5 Å². The van der Waals surface area contributed by atoms with Crippen LogP contribution >= 0.6 is 0 Å². The second-order valence-corrected chi connectivity index (χ2v) is 6.74. The highest BCUT2D eigenvalue weighted by Gasteiger charge is 2.29. The van der Waals surface area contributed by atoms with E-state index in [0.717, 1.165) is 25.9 Å². The minimum Gasteiger partial charge on any atom is -0.493 e. The van der Waals surface area contributed by atoms with Crippen molar-refractivity contribution in [3.8, 4) is 5.75 Å². The molecule has 0 amide bonds. The molecular formula is C23H24FNO4. The van der Waals surface area contributed by atoms with Crippen LogP contribution in [0.3, 0.4) is 0 Å². The van der Waals surface area contributed by atoms with Gasteiger partial charge < -0.3 is 14.8 Å². The van der Waals surface area contributed by atoms with Crippen LogP contribution in [-0.2, 0) is 4.74 Å². The Morgan fingerprint density at radius 2 is 1.76 bits per heavy atom. The summed E-state index contributed by atoms with van der Waals surface area (Å²) < 4.78 is 23.9. The van der Waals surface area contributed by atoms with E-state index in [1.807, 2.05) is 0 Å². The Morgan fingerprint density at radius 1 is 0.966 bits per heavy atom. The lowest BCUT2D eigenvalue weighted by Crippen LogP contribution is -2.21. The van der Waals surface area contributed by atoms with Gasteiger partial charge in [0.2, 0.25) is 0 Å². The summed E-state index contributed by atoms with van der Waals surface area (Å²) in [4.78, 5) is 25.6. The molecule has 0 atom stereocenters. The summed E-state index contributed by atoms with van der Waals surface area (Å²) in [5.74, 6) is -0.522. The zero-order valence-corrected chi connectivity index (χ0v) is 16.4. The Balaban J connectivity index is 1.66. The molecule has 0 bridgehead atoms. The first-order valence-corrected chi connectivity index (χ1v) is 9.64.